The number of fused-ring (bicyclic) bond motifs is 1. The summed E-state index contributed by atoms with van der Waals surface area (Å²) >= 11 is 0. The van der Waals surface area contributed by atoms with Crippen LogP contribution in [0.1, 0.15) is 19.8 Å². The predicted octanol–water partition coefficient (Wildman–Crippen LogP) is 2.44. The number of benzene rings is 1. The van der Waals surface area contributed by atoms with Gasteiger partial charge < -0.3 is 15.4 Å². The van der Waals surface area contributed by atoms with Crippen LogP contribution in [0.4, 0.5) is 22.0 Å². The van der Waals surface area contributed by atoms with E-state index < -0.39 is 6.09 Å². The van der Waals surface area contributed by atoms with Crippen molar-refractivity contribution in [3.05, 3.63) is 30.6 Å². The van der Waals surface area contributed by atoms with Gasteiger partial charge in [-0.25, -0.2) is 9.78 Å². The molecule has 2 heterocycles. The van der Waals surface area contributed by atoms with E-state index >= 15 is 0 Å². The highest BCUT2D eigenvalue weighted by atomic mass is 16.5. The van der Waals surface area contributed by atoms with Crippen LogP contribution in [0.5, 0.6) is 0 Å². The number of carbonyl (C=O) groups excluding carboxylic acids is 2. The molecule has 0 bridgehead atoms. The third-order valence-corrected chi connectivity index (χ3v) is 4.94. The number of amides is 2. The van der Waals surface area contributed by atoms with Crippen molar-refractivity contribution in [2.45, 2.75) is 25.8 Å². The zero-order chi connectivity index (χ0) is 19.1. The van der Waals surface area contributed by atoms with E-state index in [1.807, 2.05) is 25.1 Å². The molecule has 2 N–H and O–H groups in total. The number of hydrogen-bond acceptors (Lipinski definition) is 6. The minimum atomic E-state index is -0.442. The number of rotatable bonds is 2. The Labute approximate surface area is 156 Å². The van der Waals surface area contributed by atoms with E-state index in [2.05, 4.69) is 9.97 Å². The van der Waals surface area contributed by atoms with Crippen molar-refractivity contribution in [2.24, 2.45) is 5.92 Å². The van der Waals surface area contributed by atoms with Crippen LogP contribution in [0.25, 0.3) is 11.3 Å². The number of nitrogens with zero attached hydrogens (tertiary/aromatic N) is 4. The van der Waals surface area contributed by atoms with Gasteiger partial charge in [0, 0.05) is 18.0 Å². The van der Waals surface area contributed by atoms with E-state index in [9.17, 15) is 9.59 Å². The highest BCUT2D eigenvalue weighted by molar-refractivity contribution is 6.05. The molecule has 2 amide bonds. The highest BCUT2D eigenvalue weighted by Gasteiger charge is 2.40. The Morgan fingerprint density at radius 2 is 1.96 bits per heavy atom. The van der Waals surface area contributed by atoms with E-state index in [0.29, 0.717) is 29.4 Å². The molecule has 0 spiro atoms. The Kier molecular flexibility index (Phi) is 4.18. The molecule has 8 heteroatoms. The lowest BCUT2D eigenvalue weighted by molar-refractivity contribution is -0.119. The van der Waals surface area contributed by atoms with Crippen LogP contribution in [0.3, 0.4) is 0 Å². The first-order valence-corrected chi connectivity index (χ1v) is 8.90. The van der Waals surface area contributed by atoms with Crippen LogP contribution >= 0.6 is 0 Å². The minimum absolute atomic E-state index is 0.0784. The molecule has 27 heavy (non-hydrogen) atoms. The number of nitrogen functional groups attached to an aromatic ring is 1. The third-order valence-electron chi connectivity index (χ3n) is 4.94. The average Bonchev–Trinajstić information content (AvgIpc) is 3.52. The van der Waals surface area contributed by atoms with Gasteiger partial charge in [-0.3, -0.25) is 14.7 Å². The summed E-state index contributed by atoms with van der Waals surface area (Å²) < 4.78 is 4.95. The SMILES string of the molecule is COC(=O)N1c2ccc(-c3cnc(N)cn3)cc2N(C(=O)C2CC2)C[C@@H]1C. The number of nitrogens with two attached hydrogens (primary N) is 1. The fourth-order valence-corrected chi connectivity index (χ4v) is 3.41. The Hall–Kier alpha value is -3.16. The largest absolute Gasteiger partial charge is 0.452 e. The van der Waals surface area contributed by atoms with Crippen molar-refractivity contribution in [1.82, 2.24) is 9.97 Å². The summed E-state index contributed by atoms with van der Waals surface area (Å²) in [6.07, 6.45) is 4.48. The zero-order valence-corrected chi connectivity index (χ0v) is 15.3. The second-order valence-corrected chi connectivity index (χ2v) is 6.94. The molecule has 8 nitrogen and oxygen atoms in total. The molecule has 2 aliphatic rings. The van der Waals surface area contributed by atoms with Crippen molar-refractivity contribution in [2.75, 3.05) is 29.2 Å². The lowest BCUT2D eigenvalue weighted by Gasteiger charge is -2.40. The molecule has 1 saturated carbocycles. The average molecular weight is 367 g/mol. The molecule has 2 aromatic rings. The molecule has 1 aromatic carbocycles. The summed E-state index contributed by atoms with van der Waals surface area (Å²) in [7, 11) is 1.36. The van der Waals surface area contributed by atoms with Gasteiger partial charge >= 0.3 is 6.09 Å². The fraction of sp³-hybridized carbons (Fsp3) is 0.368. The molecule has 1 aliphatic heterocycles. The summed E-state index contributed by atoms with van der Waals surface area (Å²) in [5.41, 5.74) is 8.40. The van der Waals surface area contributed by atoms with Crippen LogP contribution in [0.2, 0.25) is 0 Å². The standard InChI is InChI=1S/C19H21N5O3/c1-11-10-23(18(25)12-3-4-12)16-7-13(14-8-22-17(20)9-21-14)5-6-15(16)24(11)19(26)27-2/h5-9,11-12H,3-4,10H2,1-2H3,(H2,20,22)/t11-/m0/s1. The Balaban J connectivity index is 1.81. The van der Waals surface area contributed by atoms with E-state index in [-0.39, 0.29) is 17.9 Å². The molecule has 0 radical (unpaired) electrons. The quantitative estimate of drug-likeness (QED) is 0.875. The molecule has 1 aromatic heterocycles. The van der Waals surface area contributed by atoms with Crippen LogP contribution < -0.4 is 15.5 Å². The first-order chi connectivity index (χ1) is 13.0. The smallest absolute Gasteiger partial charge is 0.414 e. The zero-order valence-electron chi connectivity index (χ0n) is 15.3. The van der Waals surface area contributed by atoms with E-state index in [4.69, 9.17) is 10.5 Å². The van der Waals surface area contributed by atoms with Crippen molar-refractivity contribution in [1.29, 1.82) is 0 Å². The van der Waals surface area contributed by atoms with Crippen molar-refractivity contribution < 1.29 is 14.3 Å². The summed E-state index contributed by atoms with van der Waals surface area (Å²) in [5, 5.41) is 0. The summed E-state index contributed by atoms with van der Waals surface area (Å²) in [6, 6.07) is 5.36. The number of ether oxygens (including phenoxy) is 1. The Morgan fingerprint density at radius 1 is 1.19 bits per heavy atom. The van der Waals surface area contributed by atoms with E-state index in [1.165, 1.54) is 13.3 Å². The Bertz CT molecular complexity index is 895. The third kappa shape index (κ3) is 3.07. The van der Waals surface area contributed by atoms with Crippen LogP contribution in [-0.4, -0.2) is 41.7 Å². The van der Waals surface area contributed by atoms with Crippen molar-refractivity contribution in [3.63, 3.8) is 0 Å². The monoisotopic (exact) mass is 367 g/mol. The van der Waals surface area contributed by atoms with E-state index in [0.717, 1.165) is 18.4 Å². The molecule has 1 aliphatic carbocycles. The van der Waals surface area contributed by atoms with Gasteiger partial charge in [-0.05, 0) is 31.9 Å². The van der Waals surface area contributed by atoms with Gasteiger partial charge in [-0.2, -0.15) is 0 Å². The number of aromatic nitrogens is 2. The summed E-state index contributed by atoms with van der Waals surface area (Å²) in [5.74, 6) is 0.524. The highest BCUT2D eigenvalue weighted by Crippen LogP contribution is 2.41. The summed E-state index contributed by atoms with van der Waals surface area (Å²) in [6.45, 7) is 2.33. The van der Waals surface area contributed by atoms with Crippen molar-refractivity contribution in [3.8, 4) is 11.3 Å². The van der Waals surface area contributed by atoms with Crippen LogP contribution in [-0.2, 0) is 9.53 Å². The molecule has 1 atom stereocenters. The van der Waals surface area contributed by atoms with Crippen LogP contribution in [0.15, 0.2) is 30.6 Å². The Morgan fingerprint density at radius 3 is 2.59 bits per heavy atom. The lowest BCUT2D eigenvalue weighted by Crippen LogP contribution is -2.52. The summed E-state index contributed by atoms with van der Waals surface area (Å²) in [4.78, 5) is 36.9. The van der Waals surface area contributed by atoms with Crippen molar-refractivity contribution >= 4 is 29.2 Å². The number of hydrogen-bond donors (Lipinski definition) is 1. The first kappa shape index (κ1) is 17.3. The predicted molar refractivity (Wildman–Crippen MR) is 101 cm³/mol. The van der Waals surface area contributed by atoms with Gasteiger partial charge in [0.25, 0.3) is 0 Å². The molecule has 4 rings (SSSR count). The number of methoxy groups -OCH3 is 1. The molecule has 140 valence electrons. The second-order valence-electron chi connectivity index (χ2n) is 6.94. The van der Waals surface area contributed by atoms with E-state index in [1.54, 1.807) is 16.0 Å². The number of carbonyl (C=O) groups is 2. The maximum atomic E-state index is 12.9. The van der Waals surface area contributed by atoms with Gasteiger partial charge in [-0.1, -0.05) is 6.07 Å². The van der Waals surface area contributed by atoms with Gasteiger partial charge in [0.2, 0.25) is 5.91 Å². The molecule has 0 saturated heterocycles. The van der Waals surface area contributed by atoms with Gasteiger partial charge in [0.1, 0.15) is 5.82 Å². The molecular weight excluding hydrogens is 346 g/mol. The number of anilines is 3. The fourth-order valence-electron chi connectivity index (χ4n) is 3.41. The minimum Gasteiger partial charge on any atom is -0.452 e. The topological polar surface area (TPSA) is 102 Å². The first-order valence-electron chi connectivity index (χ1n) is 8.90. The maximum absolute atomic E-state index is 12.9. The molecular formula is C19H21N5O3. The van der Waals surface area contributed by atoms with Gasteiger partial charge in [0.05, 0.1) is 42.6 Å². The van der Waals surface area contributed by atoms with Crippen LogP contribution in [0, 0.1) is 5.92 Å². The molecule has 1 fully saturated rings. The second kappa shape index (κ2) is 6.53. The normalized spacial score (nSPS) is 18.8. The van der Waals surface area contributed by atoms with Gasteiger partial charge in [0.15, 0.2) is 0 Å². The maximum Gasteiger partial charge on any atom is 0.414 e. The van der Waals surface area contributed by atoms with Gasteiger partial charge in [-0.15, -0.1) is 0 Å². The lowest BCUT2D eigenvalue weighted by atomic mass is 10.0. The molecule has 0 unspecified atom stereocenters.